The van der Waals surface area contributed by atoms with Gasteiger partial charge >= 0.3 is 0 Å². The second-order valence-electron chi connectivity index (χ2n) is 4.00. The summed E-state index contributed by atoms with van der Waals surface area (Å²) in [6.07, 6.45) is 2.45. The van der Waals surface area contributed by atoms with Crippen LogP contribution in [0.5, 0.6) is 0 Å². The standard InChI is InChI=1S/C9H15NO/c1-6-5-9(2,3)8(11)4-7(6)10/h4,6H,5,10H2,1-3H3. The van der Waals surface area contributed by atoms with Gasteiger partial charge in [0, 0.05) is 17.2 Å². The Morgan fingerprint density at radius 1 is 1.64 bits per heavy atom. The second kappa shape index (κ2) is 2.36. The summed E-state index contributed by atoms with van der Waals surface area (Å²) in [5.41, 5.74) is 6.15. The van der Waals surface area contributed by atoms with Gasteiger partial charge in [-0.1, -0.05) is 20.8 Å². The normalized spacial score (nSPS) is 29.9. The van der Waals surface area contributed by atoms with Crippen molar-refractivity contribution >= 4 is 5.78 Å². The largest absolute Gasteiger partial charge is 0.402 e. The smallest absolute Gasteiger partial charge is 0.163 e. The minimum Gasteiger partial charge on any atom is -0.402 e. The molecule has 0 aromatic rings. The van der Waals surface area contributed by atoms with Crippen molar-refractivity contribution in [1.82, 2.24) is 0 Å². The van der Waals surface area contributed by atoms with E-state index in [1.54, 1.807) is 6.08 Å². The third kappa shape index (κ3) is 1.44. The average Bonchev–Trinajstić information content (AvgIpc) is 1.83. The van der Waals surface area contributed by atoms with Crippen LogP contribution < -0.4 is 5.73 Å². The van der Waals surface area contributed by atoms with Crippen molar-refractivity contribution in [3.05, 3.63) is 11.8 Å². The van der Waals surface area contributed by atoms with Gasteiger partial charge in [-0.25, -0.2) is 0 Å². The fourth-order valence-corrected chi connectivity index (χ4v) is 1.47. The Morgan fingerprint density at radius 2 is 2.18 bits per heavy atom. The van der Waals surface area contributed by atoms with E-state index in [9.17, 15) is 4.79 Å². The highest BCUT2D eigenvalue weighted by molar-refractivity contribution is 5.95. The van der Waals surface area contributed by atoms with Crippen LogP contribution in [0.15, 0.2) is 11.8 Å². The molecule has 0 radical (unpaired) electrons. The summed E-state index contributed by atoms with van der Waals surface area (Å²) in [7, 11) is 0. The van der Waals surface area contributed by atoms with Gasteiger partial charge in [0.25, 0.3) is 0 Å². The predicted octanol–water partition coefficient (Wildman–Crippen LogP) is 1.46. The molecule has 2 nitrogen and oxygen atoms in total. The van der Waals surface area contributed by atoms with Crippen LogP contribution >= 0.6 is 0 Å². The fourth-order valence-electron chi connectivity index (χ4n) is 1.47. The van der Waals surface area contributed by atoms with Gasteiger partial charge in [0.1, 0.15) is 0 Å². The van der Waals surface area contributed by atoms with E-state index in [1.165, 1.54) is 0 Å². The molecule has 0 heterocycles. The number of carbonyl (C=O) groups excluding carboxylic acids is 1. The number of hydrogen-bond acceptors (Lipinski definition) is 2. The molecule has 2 N–H and O–H groups in total. The van der Waals surface area contributed by atoms with Crippen LogP contribution in [-0.4, -0.2) is 5.78 Å². The maximum absolute atomic E-state index is 11.3. The molecule has 1 aliphatic rings. The molecule has 1 unspecified atom stereocenters. The van der Waals surface area contributed by atoms with Crippen molar-refractivity contribution in [3.8, 4) is 0 Å². The van der Waals surface area contributed by atoms with Gasteiger partial charge in [-0.15, -0.1) is 0 Å². The Kier molecular flexibility index (Phi) is 1.78. The molecule has 1 atom stereocenters. The van der Waals surface area contributed by atoms with E-state index < -0.39 is 0 Å². The quantitative estimate of drug-likeness (QED) is 0.572. The van der Waals surface area contributed by atoms with Crippen LogP contribution in [-0.2, 0) is 4.79 Å². The zero-order valence-electron chi connectivity index (χ0n) is 7.35. The topological polar surface area (TPSA) is 43.1 Å². The Bertz CT molecular complexity index is 216. The highest BCUT2D eigenvalue weighted by Crippen LogP contribution is 2.33. The molecule has 0 aromatic carbocycles. The van der Waals surface area contributed by atoms with Crippen molar-refractivity contribution in [2.24, 2.45) is 17.1 Å². The van der Waals surface area contributed by atoms with Crippen molar-refractivity contribution in [1.29, 1.82) is 0 Å². The number of allylic oxidation sites excluding steroid dienone is 2. The van der Waals surface area contributed by atoms with Crippen LogP contribution in [0.25, 0.3) is 0 Å². The van der Waals surface area contributed by atoms with E-state index in [2.05, 4.69) is 6.92 Å². The number of rotatable bonds is 0. The number of hydrogen-bond donors (Lipinski definition) is 1. The number of carbonyl (C=O) groups is 1. The van der Waals surface area contributed by atoms with Gasteiger partial charge < -0.3 is 5.73 Å². The molecular formula is C9H15NO. The third-order valence-corrected chi connectivity index (χ3v) is 2.35. The molecule has 11 heavy (non-hydrogen) atoms. The molecule has 0 spiro atoms. The summed E-state index contributed by atoms with van der Waals surface area (Å²) in [5, 5.41) is 0. The maximum atomic E-state index is 11.3. The zero-order valence-corrected chi connectivity index (χ0v) is 7.35. The Hall–Kier alpha value is -0.790. The highest BCUT2D eigenvalue weighted by Gasteiger charge is 2.32. The van der Waals surface area contributed by atoms with E-state index in [0.29, 0.717) is 5.92 Å². The molecule has 0 amide bonds. The van der Waals surface area contributed by atoms with E-state index >= 15 is 0 Å². The zero-order chi connectivity index (χ0) is 8.65. The molecule has 0 aliphatic heterocycles. The molecule has 0 saturated heterocycles. The lowest BCUT2D eigenvalue weighted by Gasteiger charge is -2.30. The Morgan fingerprint density at radius 3 is 2.64 bits per heavy atom. The first-order chi connectivity index (χ1) is 4.93. The van der Waals surface area contributed by atoms with Gasteiger partial charge in [-0.2, -0.15) is 0 Å². The SMILES string of the molecule is CC1CC(C)(C)C(=O)C=C1N. The second-order valence-corrected chi connectivity index (χ2v) is 4.00. The molecule has 1 aliphatic carbocycles. The molecule has 62 valence electrons. The lowest BCUT2D eigenvalue weighted by Crippen LogP contribution is -2.32. The molecule has 0 aromatic heterocycles. The van der Waals surface area contributed by atoms with Gasteiger partial charge in [0.05, 0.1) is 0 Å². The summed E-state index contributed by atoms with van der Waals surface area (Å²) in [4.78, 5) is 11.3. The van der Waals surface area contributed by atoms with Crippen molar-refractivity contribution in [3.63, 3.8) is 0 Å². The number of nitrogens with two attached hydrogens (primary N) is 1. The summed E-state index contributed by atoms with van der Waals surface area (Å²) in [6, 6.07) is 0. The Balaban J connectivity index is 2.93. The molecule has 1 rings (SSSR count). The summed E-state index contributed by atoms with van der Waals surface area (Å²) >= 11 is 0. The predicted molar refractivity (Wildman–Crippen MR) is 44.8 cm³/mol. The van der Waals surface area contributed by atoms with Crippen LogP contribution in [0.1, 0.15) is 27.2 Å². The molecular weight excluding hydrogens is 138 g/mol. The van der Waals surface area contributed by atoms with Crippen LogP contribution in [0.2, 0.25) is 0 Å². The van der Waals surface area contributed by atoms with Crippen LogP contribution in [0.3, 0.4) is 0 Å². The first kappa shape index (κ1) is 8.31. The van der Waals surface area contributed by atoms with Crippen molar-refractivity contribution in [2.75, 3.05) is 0 Å². The highest BCUT2D eigenvalue weighted by atomic mass is 16.1. The van der Waals surface area contributed by atoms with Crippen molar-refractivity contribution < 1.29 is 4.79 Å². The monoisotopic (exact) mass is 153 g/mol. The summed E-state index contributed by atoms with van der Waals surface area (Å²) in [5.74, 6) is 0.510. The summed E-state index contributed by atoms with van der Waals surface area (Å²) < 4.78 is 0. The van der Waals surface area contributed by atoms with Gasteiger partial charge in [-0.3, -0.25) is 4.79 Å². The van der Waals surface area contributed by atoms with Gasteiger partial charge in [0.2, 0.25) is 0 Å². The lowest BCUT2D eigenvalue weighted by atomic mass is 9.74. The minimum atomic E-state index is -0.206. The van der Waals surface area contributed by atoms with Crippen molar-refractivity contribution in [2.45, 2.75) is 27.2 Å². The van der Waals surface area contributed by atoms with Crippen LogP contribution in [0.4, 0.5) is 0 Å². The maximum Gasteiger partial charge on any atom is 0.163 e. The number of ketones is 1. The Labute approximate surface area is 67.5 Å². The molecule has 0 bridgehead atoms. The first-order valence-corrected chi connectivity index (χ1v) is 3.95. The third-order valence-electron chi connectivity index (χ3n) is 2.35. The fraction of sp³-hybridized carbons (Fsp3) is 0.667. The van der Waals surface area contributed by atoms with Gasteiger partial charge in [0.15, 0.2) is 5.78 Å². The summed E-state index contributed by atoms with van der Waals surface area (Å²) in [6.45, 7) is 5.99. The molecule has 2 heteroatoms. The van der Waals surface area contributed by atoms with Crippen LogP contribution in [0, 0.1) is 11.3 Å². The van der Waals surface area contributed by atoms with E-state index in [-0.39, 0.29) is 11.2 Å². The van der Waals surface area contributed by atoms with E-state index in [1.807, 2.05) is 13.8 Å². The van der Waals surface area contributed by atoms with Gasteiger partial charge in [-0.05, 0) is 12.3 Å². The first-order valence-electron chi connectivity index (χ1n) is 3.95. The molecule has 0 saturated carbocycles. The molecule has 0 fully saturated rings. The lowest BCUT2D eigenvalue weighted by molar-refractivity contribution is -0.123. The average molecular weight is 153 g/mol. The van der Waals surface area contributed by atoms with E-state index in [0.717, 1.165) is 12.1 Å². The minimum absolute atomic E-state index is 0.160. The van der Waals surface area contributed by atoms with E-state index in [4.69, 9.17) is 5.73 Å².